The molecule has 0 heterocycles. The molecule has 1 unspecified atom stereocenters. The van der Waals surface area contributed by atoms with E-state index in [4.69, 9.17) is 0 Å². The minimum atomic E-state index is -1.17. The fourth-order valence-corrected chi connectivity index (χ4v) is 4.27. The molecule has 6 heteroatoms. The summed E-state index contributed by atoms with van der Waals surface area (Å²) >= 11 is 0. The molecule has 0 radical (unpaired) electrons. The van der Waals surface area contributed by atoms with Crippen molar-refractivity contribution in [3.63, 3.8) is 0 Å². The molecule has 0 spiro atoms. The van der Waals surface area contributed by atoms with Gasteiger partial charge in [-0.25, -0.2) is 4.79 Å². The van der Waals surface area contributed by atoms with Gasteiger partial charge in [0.25, 0.3) is 0 Å². The molecule has 0 rings (SSSR count). The van der Waals surface area contributed by atoms with Crippen LogP contribution in [0.3, 0.4) is 0 Å². The van der Waals surface area contributed by atoms with Crippen LogP contribution in [0, 0.1) is 5.92 Å². The number of unbranched alkanes of at least 4 members (excludes halogenated alkanes) is 12. The Kier molecular flexibility index (Phi) is 22.3. The lowest BCUT2D eigenvalue weighted by atomic mass is 9.99. The monoisotopic (exact) mass is 472 g/mol. The quantitative estimate of drug-likeness (QED) is 0.124. The van der Waals surface area contributed by atoms with E-state index in [9.17, 15) is 20.1 Å². The number of nitrogens with one attached hydrogen (secondary N) is 2. The first-order valence-electron chi connectivity index (χ1n) is 14.0. The highest BCUT2D eigenvalue weighted by Crippen LogP contribution is 2.15. The van der Waals surface area contributed by atoms with Crippen LogP contribution >= 0.6 is 0 Å². The second kappa shape index (κ2) is 22.9. The maximum absolute atomic E-state index is 12.2. The number of carbonyl (C=O) groups is 1. The number of urea groups is 1. The van der Waals surface area contributed by atoms with Gasteiger partial charge in [-0.3, -0.25) is 0 Å². The maximum atomic E-state index is 12.2. The summed E-state index contributed by atoms with van der Waals surface area (Å²) in [6, 6.07) is -1.27. The van der Waals surface area contributed by atoms with Gasteiger partial charge in [-0.15, -0.1) is 0 Å². The number of carbonyl (C=O) groups excluding carboxylic acids is 1. The van der Waals surface area contributed by atoms with Crippen LogP contribution in [0.4, 0.5) is 4.79 Å². The third kappa shape index (κ3) is 18.2. The van der Waals surface area contributed by atoms with E-state index >= 15 is 0 Å². The fourth-order valence-electron chi connectivity index (χ4n) is 4.27. The molecule has 0 aliphatic rings. The first-order chi connectivity index (χ1) is 16.0. The Hall–Kier alpha value is -0.850. The molecule has 33 heavy (non-hydrogen) atoms. The molecular formula is C27H56N2O4. The minimum absolute atomic E-state index is 0.402. The number of hydrogen-bond acceptors (Lipinski definition) is 4. The predicted octanol–water partition coefficient (Wildman–Crippen LogP) is 5.68. The zero-order chi connectivity index (χ0) is 24.7. The maximum Gasteiger partial charge on any atom is 0.315 e. The van der Waals surface area contributed by atoms with Crippen molar-refractivity contribution in [1.29, 1.82) is 0 Å². The normalized spacial score (nSPS) is 15.1. The Labute approximate surface area is 204 Å². The average molecular weight is 473 g/mol. The van der Waals surface area contributed by atoms with Gasteiger partial charge in [0.1, 0.15) is 6.10 Å². The van der Waals surface area contributed by atoms with E-state index in [2.05, 4.69) is 31.4 Å². The summed E-state index contributed by atoms with van der Waals surface area (Å²) in [6.07, 6.45) is 17.7. The van der Waals surface area contributed by atoms with Crippen LogP contribution in [0.5, 0.6) is 0 Å². The van der Waals surface area contributed by atoms with Crippen molar-refractivity contribution in [2.45, 2.75) is 148 Å². The Morgan fingerprint density at radius 2 is 1.24 bits per heavy atom. The van der Waals surface area contributed by atoms with Crippen molar-refractivity contribution in [2.24, 2.45) is 5.92 Å². The highest BCUT2D eigenvalue weighted by atomic mass is 16.3. The summed E-state index contributed by atoms with van der Waals surface area (Å²) in [5.41, 5.74) is 0. The number of hydrogen-bond donors (Lipinski definition) is 5. The molecule has 6 nitrogen and oxygen atoms in total. The molecule has 0 aromatic rings. The highest BCUT2D eigenvalue weighted by Gasteiger charge is 2.27. The molecular weight excluding hydrogens is 416 g/mol. The van der Waals surface area contributed by atoms with Crippen LogP contribution < -0.4 is 10.6 Å². The van der Waals surface area contributed by atoms with Gasteiger partial charge < -0.3 is 26.0 Å². The van der Waals surface area contributed by atoms with Crippen molar-refractivity contribution in [3.8, 4) is 0 Å². The third-order valence-corrected chi connectivity index (χ3v) is 6.77. The molecule has 0 aliphatic carbocycles. The Morgan fingerprint density at radius 3 is 1.73 bits per heavy atom. The van der Waals surface area contributed by atoms with Gasteiger partial charge in [0, 0.05) is 6.54 Å². The van der Waals surface area contributed by atoms with Gasteiger partial charge in [0.15, 0.2) is 0 Å². The molecule has 0 bridgehead atoms. The fraction of sp³-hybridized carbons (Fsp3) is 0.963. The highest BCUT2D eigenvalue weighted by molar-refractivity contribution is 5.74. The van der Waals surface area contributed by atoms with Crippen LogP contribution in [0.25, 0.3) is 0 Å². The number of rotatable bonds is 23. The Morgan fingerprint density at radius 1 is 0.727 bits per heavy atom. The largest absolute Gasteiger partial charge is 0.394 e. The van der Waals surface area contributed by atoms with E-state index in [1.807, 2.05) is 0 Å². The van der Waals surface area contributed by atoms with Crippen molar-refractivity contribution in [1.82, 2.24) is 10.6 Å². The second-order valence-corrected chi connectivity index (χ2v) is 9.80. The third-order valence-electron chi connectivity index (χ3n) is 6.77. The minimum Gasteiger partial charge on any atom is -0.394 e. The van der Waals surface area contributed by atoms with Gasteiger partial charge in [-0.2, -0.15) is 0 Å². The Balaban J connectivity index is 3.92. The smallest absolute Gasteiger partial charge is 0.315 e. The average Bonchev–Trinajstić information content (AvgIpc) is 2.82. The lowest BCUT2D eigenvalue weighted by Crippen LogP contribution is -2.53. The molecule has 0 fully saturated rings. The standard InChI is InChI=1S/C27H56N2O4/c1-4-7-9-10-11-12-13-14-15-16-17-18-20-25(31)26(32)24(22-30)29-27(33)28-21-23(6-3)19-8-5-2/h23-26,30-32H,4-22H2,1-3H3,(H2,28,29,33)/t23?,24-,25+,26-/m0/s1. The topological polar surface area (TPSA) is 102 Å². The van der Waals surface area contributed by atoms with Gasteiger partial charge in [0.05, 0.1) is 18.8 Å². The van der Waals surface area contributed by atoms with Gasteiger partial charge >= 0.3 is 6.03 Å². The molecule has 2 amide bonds. The van der Waals surface area contributed by atoms with Crippen molar-refractivity contribution >= 4 is 6.03 Å². The van der Waals surface area contributed by atoms with Crippen LogP contribution in [0.15, 0.2) is 0 Å². The summed E-state index contributed by atoms with van der Waals surface area (Å²) in [4.78, 5) is 12.2. The van der Waals surface area contributed by atoms with E-state index in [1.54, 1.807) is 0 Å². The van der Waals surface area contributed by atoms with Gasteiger partial charge in [-0.05, 0) is 18.8 Å². The molecule has 198 valence electrons. The lowest BCUT2D eigenvalue weighted by molar-refractivity contribution is -0.0183. The summed E-state index contributed by atoms with van der Waals surface area (Å²) < 4.78 is 0. The molecule has 0 aromatic carbocycles. The number of amides is 2. The van der Waals surface area contributed by atoms with Gasteiger partial charge in [-0.1, -0.05) is 117 Å². The number of aliphatic hydroxyl groups is 3. The lowest BCUT2D eigenvalue weighted by Gasteiger charge is -2.27. The van der Waals surface area contributed by atoms with Crippen LogP contribution in [0.2, 0.25) is 0 Å². The Bertz CT molecular complexity index is 436. The molecule has 4 atom stereocenters. The summed E-state index contributed by atoms with van der Waals surface area (Å²) in [5.74, 6) is 0.435. The summed E-state index contributed by atoms with van der Waals surface area (Å²) in [5, 5.41) is 35.8. The molecule has 0 aromatic heterocycles. The van der Waals surface area contributed by atoms with Crippen LogP contribution in [0.1, 0.15) is 130 Å². The molecule has 5 N–H and O–H groups in total. The molecule has 0 saturated carbocycles. The number of aliphatic hydroxyl groups excluding tert-OH is 3. The van der Waals surface area contributed by atoms with Gasteiger partial charge in [0.2, 0.25) is 0 Å². The zero-order valence-electron chi connectivity index (χ0n) is 22.0. The molecule has 0 aliphatic heterocycles. The zero-order valence-corrected chi connectivity index (χ0v) is 22.0. The summed E-state index contributed by atoms with van der Waals surface area (Å²) in [6.45, 7) is 6.70. The first kappa shape index (κ1) is 32.1. The molecule has 0 saturated heterocycles. The van der Waals surface area contributed by atoms with Crippen molar-refractivity contribution in [3.05, 3.63) is 0 Å². The predicted molar refractivity (Wildman–Crippen MR) is 138 cm³/mol. The second-order valence-electron chi connectivity index (χ2n) is 9.80. The SMILES string of the molecule is CCCCCCCCCCCCCC[C@@H](O)[C@@H](O)[C@H](CO)NC(=O)NCC(CC)CCCC. The first-order valence-corrected chi connectivity index (χ1v) is 14.0. The van der Waals surface area contributed by atoms with E-state index in [-0.39, 0.29) is 0 Å². The van der Waals surface area contributed by atoms with Crippen molar-refractivity contribution < 1.29 is 20.1 Å². The van der Waals surface area contributed by atoms with Crippen molar-refractivity contribution in [2.75, 3.05) is 13.2 Å². The van der Waals surface area contributed by atoms with E-state index in [0.29, 0.717) is 18.9 Å². The van der Waals surface area contributed by atoms with E-state index in [0.717, 1.165) is 44.9 Å². The summed E-state index contributed by atoms with van der Waals surface area (Å²) in [7, 11) is 0. The van der Waals surface area contributed by atoms with Crippen LogP contribution in [-0.4, -0.2) is 52.8 Å². The van der Waals surface area contributed by atoms with E-state index < -0.39 is 30.9 Å². The van der Waals surface area contributed by atoms with Crippen LogP contribution in [-0.2, 0) is 0 Å². The van der Waals surface area contributed by atoms with E-state index in [1.165, 1.54) is 57.8 Å².